The number of aliphatic hydroxyl groups is 1. The summed E-state index contributed by atoms with van der Waals surface area (Å²) in [6.07, 6.45) is 7.10. The van der Waals surface area contributed by atoms with Crippen LogP contribution in [0, 0.1) is 11.8 Å². The van der Waals surface area contributed by atoms with Gasteiger partial charge in [0.05, 0.1) is 5.60 Å². The third-order valence-corrected chi connectivity index (χ3v) is 3.84. The van der Waals surface area contributed by atoms with Crippen LogP contribution in [0.1, 0.15) is 73.1 Å². The fourth-order valence-corrected chi connectivity index (χ4v) is 2.05. The molecule has 0 aliphatic rings. The topological polar surface area (TPSA) is 46.2 Å². The molecule has 0 aliphatic carbocycles. The van der Waals surface area contributed by atoms with E-state index in [4.69, 9.17) is 5.73 Å². The van der Waals surface area contributed by atoms with Crippen molar-refractivity contribution in [2.45, 2.75) is 84.8 Å². The van der Waals surface area contributed by atoms with Crippen LogP contribution >= 0.6 is 0 Å². The van der Waals surface area contributed by atoms with E-state index < -0.39 is 5.60 Å². The minimum atomic E-state index is -0.697. The highest BCUT2D eigenvalue weighted by Gasteiger charge is 2.24. The van der Waals surface area contributed by atoms with Crippen LogP contribution in [0.5, 0.6) is 0 Å². The first-order valence-electron chi connectivity index (χ1n) is 7.23. The van der Waals surface area contributed by atoms with Gasteiger partial charge in [-0.3, -0.25) is 0 Å². The summed E-state index contributed by atoms with van der Waals surface area (Å²) in [5.74, 6) is 1.60. The average molecular weight is 243 g/mol. The lowest BCUT2D eigenvalue weighted by Crippen LogP contribution is -2.43. The van der Waals surface area contributed by atoms with Crippen molar-refractivity contribution in [2.75, 3.05) is 0 Å². The number of hydrogen-bond donors (Lipinski definition) is 2. The van der Waals surface area contributed by atoms with Crippen LogP contribution in [0.25, 0.3) is 0 Å². The zero-order valence-electron chi connectivity index (χ0n) is 12.5. The van der Waals surface area contributed by atoms with E-state index in [1.165, 1.54) is 25.7 Å². The molecule has 2 nitrogen and oxygen atoms in total. The van der Waals surface area contributed by atoms with Gasteiger partial charge >= 0.3 is 0 Å². The summed E-state index contributed by atoms with van der Waals surface area (Å²) in [5.41, 5.74) is 5.05. The Labute approximate surface area is 108 Å². The molecule has 3 unspecified atom stereocenters. The SMILES string of the molecule is CC(C)CCCC(C)CCCC(C)(O)C(C)N. The van der Waals surface area contributed by atoms with Crippen molar-refractivity contribution < 1.29 is 5.11 Å². The second kappa shape index (κ2) is 8.10. The molecule has 0 aromatic carbocycles. The molecule has 0 bridgehead atoms. The largest absolute Gasteiger partial charge is 0.389 e. The molecule has 104 valence electrons. The van der Waals surface area contributed by atoms with Gasteiger partial charge in [0.15, 0.2) is 0 Å². The van der Waals surface area contributed by atoms with Crippen molar-refractivity contribution in [3.05, 3.63) is 0 Å². The van der Waals surface area contributed by atoms with Gasteiger partial charge in [0, 0.05) is 6.04 Å². The lowest BCUT2D eigenvalue weighted by Gasteiger charge is -2.27. The summed E-state index contributed by atoms with van der Waals surface area (Å²) in [6.45, 7) is 10.6. The molecule has 0 aromatic rings. The summed E-state index contributed by atoms with van der Waals surface area (Å²) in [4.78, 5) is 0. The van der Waals surface area contributed by atoms with Crippen LogP contribution in [0.15, 0.2) is 0 Å². The molecule has 3 N–H and O–H groups in total. The first-order chi connectivity index (χ1) is 7.75. The fourth-order valence-electron chi connectivity index (χ4n) is 2.05. The van der Waals surface area contributed by atoms with E-state index in [-0.39, 0.29) is 6.04 Å². The van der Waals surface area contributed by atoms with Crippen LogP contribution in [0.4, 0.5) is 0 Å². The van der Waals surface area contributed by atoms with E-state index in [0.717, 1.165) is 24.7 Å². The van der Waals surface area contributed by atoms with Gasteiger partial charge < -0.3 is 10.8 Å². The van der Waals surface area contributed by atoms with Crippen LogP contribution in [-0.4, -0.2) is 16.7 Å². The highest BCUT2D eigenvalue weighted by Crippen LogP contribution is 2.22. The summed E-state index contributed by atoms with van der Waals surface area (Å²) in [6, 6.07) is -0.140. The smallest absolute Gasteiger partial charge is 0.0767 e. The van der Waals surface area contributed by atoms with Crippen molar-refractivity contribution in [1.82, 2.24) is 0 Å². The van der Waals surface area contributed by atoms with Gasteiger partial charge in [-0.05, 0) is 32.1 Å². The summed E-state index contributed by atoms with van der Waals surface area (Å²) >= 11 is 0. The van der Waals surface area contributed by atoms with E-state index in [9.17, 15) is 5.11 Å². The van der Waals surface area contributed by atoms with E-state index in [1.54, 1.807) is 0 Å². The summed E-state index contributed by atoms with van der Waals surface area (Å²) in [5, 5.41) is 10.0. The molecule has 2 heteroatoms. The molecule has 0 rings (SSSR count). The highest BCUT2D eigenvalue weighted by atomic mass is 16.3. The molecule has 0 amide bonds. The van der Waals surface area contributed by atoms with Crippen LogP contribution in [0.3, 0.4) is 0 Å². The maximum atomic E-state index is 10.0. The van der Waals surface area contributed by atoms with Gasteiger partial charge in [-0.2, -0.15) is 0 Å². The molecular weight excluding hydrogens is 210 g/mol. The molecule has 0 heterocycles. The average Bonchev–Trinajstić information content (AvgIpc) is 2.16. The summed E-state index contributed by atoms with van der Waals surface area (Å²) in [7, 11) is 0. The van der Waals surface area contributed by atoms with Gasteiger partial charge in [0.1, 0.15) is 0 Å². The molecule has 0 spiro atoms. The van der Waals surface area contributed by atoms with Gasteiger partial charge in [-0.1, -0.05) is 52.9 Å². The molecule has 0 saturated carbocycles. The Kier molecular flexibility index (Phi) is 8.06. The minimum Gasteiger partial charge on any atom is -0.389 e. The lowest BCUT2D eigenvalue weighted by atomic mass is 9.89. The lowest BCUT2D eigenvalue weighted by molar-refractivity contribution is 0.0264. The molecule has 3 atom stereocenters. The Bertz CT molecular complexity index is 187. The number of rotatable bonds is 9. The number of hydrogen-bond acceptors (Lipinski definition) is 2. The van der Waals surface area contributed by atoms with Crippen molar-refractivity contribution in [3.63, 3.8) is 0 Å². The molecule has 0 fully saturated rings. The van der Waals surface area contributed by atoms with E-state index in [2.05, 4.69) is 20.8 Å². The number of nitrogens with two attached hydrogens (primary N) is 1. The molecule has 0 saturated heterocycles. The summed E-state index contributed by atoms with van der Waals surface area (Å²) < 4.78 is 0. The molecule has 17 heavy (non-hydrogen) atoms. The highest BCUT2D eigenvalue weighted by molar-refractivity contribution is 4.81. The van der Waals surface area contributed by atoms with Crippen molar-refractivity contribution >= 4 is 0 Å². The van der Waals surface area contributed by atoms with Gasteiger partial charge in [-0.25, -0.2) is 0 Å². The van der Waals surface area contributed by atoms with Crippen LogP contribution in [0.2, 0.25) is 0 Å². The molecule has 0 radical (unpaired) electrons. The first kappa shape index (κ1) is 16.9. The van der Waals surface area contributed by atoms with Gasteiger partial charge in [0.25, 0.3) is 0 Å². The Balaban J connectivity index is 3.61. The first-order valence-corrected chi connectivity index (χ1v) is 7.23. The normalized spacial score (nSPS) is 19.1. The van der Waals surface area contributed by atoms with E-state index in [0.29, 0.717) is 0 Å². The Hall–Kier alpha value is -0.0800. The van der Waals surface area contributed by atoms with Crippen LogP contribution in [-0.2, 0) is 0 Å². The molecule has 0 aromatic heterocycles. The van der Waals surface area contributed by atoms with Crippen molar-refractivity contribution in [2.24, 2.45) is 17.6 Å². The van der Waals surface area contributed by atoms with E-state index in [1.807, 2.05) is 13.8 Å². The zero-order valence-corrected chi connectivity index (χ0v) is 12.5. The third-order valence-electron chi connectivity index (χ3n) is 3.84. The van der Waals surface area contributed by atoms with Crippen molar-refractivity contribution in [3.8, 4) is 0 Å². The second-order valence-electron chi connectivity index (χ2n) is 6.47. The Morgan fingerprint density at radius 1 is 1.00 bits per heavy atom. The van der Waals surface area contributed by atoms with E-state index >= 15 is 0 Å². The third kappa shape index (κ3) is 8.62. The predicted molar refractivity (Wildman–Crippen MR) is 76.0 cm³/mol. The monoisotopic (exact) mass is 243 g/mol. The molecular formula is C15H33NO. The van der Waals surface area contributed by atoms with Gasteiger partial charge in [0.2, 0.25) is 0 Å². The van der Waals surface area contributed by atoms with Gasteiger partial charge in [-0.15, -0.1) is 0 Å². The Morgan fingerprint density at radius 3 is 2.00 bits per heavy atom. The maximum Gasteiger partial charge on any atom is 0.0767 e. The standard InChI is InChI=1S/C15H33NO/c1-12(2)8-6-9-13(3)10-7-11-15(5,17)14(4)16/h12-14,17H,6-11,16H2,1-5H3. The predicted octanol–water partition coefficient (Wildman–Crippen LogP) is 3.72. The Morgan fingerprint density at radius 2 is 1.53 bits per heavy atom. The minimum absolute atomic E-state index is 0.140. The zero-order chi connectivity index (χ0) is 13.5. The molecule has 0 aliphatic heterocycles. The quantitative estimate of drug-likeness (QED) is 0.648. The van der Waals surface area contributed by atoms with Crippen LogP contribution < -0.4 is 5.73 Å². The maximum absolute atomic E-state index is 10.0. The fraction of sp³-hybridized carbons (Fsp3) is 1.00. The van der Waals surface area contributed by atoms with Crippen molar-refractivity contribution in [1.29, 1.82) is 0 Å². The second-order valence-corrected chi connectivity index (χ2v) is 6.47.